The molecule has 120 valence electrons. The zero-order valence-corrected chi connectivity index (χ0v) is 13.0. The first kappa shape index (κ1) is 17.4. The van der Waals surface area contributed by atoms with Crippen molar-refractivity contribution in [1.82, 2.24) is 0 Å². The summed E-state index contributed by atoms with van der Waals surface area (Å²) in [7, 11) is 0. The van der Waals surface area contributed by atoms with Crippen LogP contribution in [0.1, 0.15) is 11.1 Å². The van der Waals surface area contributed by atoms with Gasteiger partial charge in [-0.3, -0.25) is 4.79 Å². The molecule has 0 aliphatic heterocycles. The van der Waals surface area contributed by atoms with Gasteiger partial charge in [-0.05, 0) is 30.3 Å². The topological polar surface area (TPSA) is 29.1 Å². The van der Waals surface area contributed by atoms with Crippen LogP contribution in [-0.4, -0.2) is 5.91 Å². The smallest absolute Gasteiger partial charge is 0.322 e. The van der Waals surface area contributed by atoms with Crippen LogP contribution in [0.2, 0.25) is 10.0 Å². The molecular weight excluding hydrogens is 350 g/mol. The Morgan fingerprint density at radius 1 is 1.00 bits per heavy atom. The van der Waals surface area contributed by atoms with Crippen LogP contribution in [0.5, 0.6) is 0 Å². The first-order valence-corrected chi connectivity index (χ1v) is 7.14. The summed E-state index contributed by atoms with van der Waals surface area (Å²) in [5.41, 5.74) is -0.826. The minimum Gasteiger partial charge on any atom is -0.322 e. The van der Waals surface area contributed by atoms with Crippen LogP contribution in [0.25, 0.3) is 6.08 Å². The lowest BCUT2D eigenvalue weighted by atomic mass is 10.1. The normalized spacial score (nSPS) is 11.7. The molecule has 0 aliphatic carbocycles. The van der Waals surface area contributed by atoms with E-state index in [2.05, 4.69) is 5.32 Å². The number of hydrogen-bond donors (Lipinski definition) is 1. The van der Waals surface area contributed by atoms with E-state index in [1.807, 2.05) is 0 Å². The van der Waals surface area contributed by atoms with E-state index in [0.29, 0.717) is 15.6 Å². The lowest BCUT2D eigenvalue weighted by Gasteiger charge is -2.12. The fourth-order valence-electron chi connectivity index (χ4n) is 1.84. The average Bonchev–Trinajstić information content (AvgIpc) is 2.46. The Balaban J connectivity index is 2.20. The molecule has 2 aromatic rings. The minimum atomic E-state index is -4.56. The second kappa shape index (κ2) is 7.06. The molecule has 0 saturated carbocycles. The van der Waals surface area contributed by atoms with Gasteiger partial charge in [0, 0.05) is 21.7 Å². The molecule has 7 heteroatoms. The number of carbonyl (C=O) groups excluding carboxylic acids is 1. The molecule has 0 aliphatic rings. The van der Waals surface area contributed by atoms with E-state index in [1.54, 1.807) is 18.2 Å². The average molecular weight is 360 g/mol. The lowest BCUT2D eigenvalue weighted by molar-refractivity contribution is -0.136. The highest BCUT2D eigenvalue weighted by molar-refractivity contribution is 6.37. The van der Waals surface area contributed by atoms with Gasteiger partial charge in [0.05, 0.1) is 11.3 Å². The molecular formula is C16H10Cl2F3NO. The highest BCUT2D eigenvalue weighted by Gasteiger charge is 2.33. The van der Waals surface area contributed by atoms with Crippen molar-refractivity contribution < 1.29 is 18.0 Å². The summed E-state index contributed by atoms with van der Waals surface area (Å²) in [6.07, 6.45) is -2.14. The molecule has 0 fully saturated rings. The van der Waals surface area contributed by atoms with Crippen molar-refractivity contribution in [3.63, 3.8) is 0 Å². The Morgan fingerprint density at radius 2 is 1.61 bits per heavy atom. The van der Waals surface area contributed by atoms with Gasteiger partial charge < -0.3 is 5.32 Å². The quantitative estimate of drug-likeness (QED) is 0.703. The van der Waals surface area contributed by atoms with Crippen LogP contribution in [0.4, 0.5) is 18.9 Å². The Kier molecular flexibility index (Phi) is 5.34. The van der Waals surface area contributed by atoms with Crippen LogP contribution in [-0.2, 0) is 11.0 Å². The first-order chi connectivity index (χ1) is 10.8. The van der Waals surface area contributed by atoms with Gasteiger partial charge in [0.25, 0.3) is 0 Å². The van der Waals surface area contributed by atoms with Crippen LogP contribution < -0.4 is 5.32 Å². The molecule has 0 bridgehead atoms. The first-order valence-electron chi connectivity index (χ1n) is 6.38. The molecule has 2 rings (SSSR count). The van der Waals surface area contributed by atoms with Crippen molar-refractivity contribution in [1.29, 1.82) is 0 Å². The molecule has 0 atom stereocenters. The Morgan fingerprint density at radius 3 is 2.22 bits per heavy atom. The number of amides is 1. The van der Waals surface area contributed by atoms with E-state index in [1.165, 1.54) is 24.3 Å². The number of anilines is 1. The molecule has 0 saturated heterocycles. The van der Waals surface area contributed by atoms with Gasteiger partial charge in [0.15, 0.2) is 0 Å². The van der Waals surface area contributed by atoms with Crippen molar-refractivity contribution in [2.45, 2.75) is 6.18 Å². The van der Waals surface area contributed by atoms with Gasteiger partial charge in [-0.2, -0.15) is 13.2 Å². The van der Waals surface area contributed by atoms with Crippen LogP contribution in [0.15, 0.2) is 48.5 Å². The fourth-order valence-corrected chi connectivity index (χ4v) is 2.37. The van der Waals surface area contributed by atoms with Gasteiger partial charge in [0.1, 0.15) is 0 Å². The molecule has 23 heavy (non-hydrogen) atoms. The summed E-state index contributed by atoms with van der Waals surface area (Å²) in [5.74, 6) is -0.724. The van der Waals surface area contributed by atoms with E-state index in [0.717, 1.165) is 12.1 Å². The van der Waals surface area contributed by atoms with E-state index in [9.17, 15) is 18.0 Å². The Labute approximate surface area is 140 Å². The zero-order chi connectivity index (χ0) is 17.0. The number of rotatable bonds is 3. The Bertz CT molecular complexity index is 737. The second-order valence-corrected chi connectivity index (χ2v) is 5.32. The number of benzene rings is 2. The van der Waals surface area contributed by atoms with E-state index in [-0.39, 0.29) is 5.69 Å². The van der Waals surface area contributed by atoms with E-state index >= 15 is 0 Å². The molecule has 1 N–H and O–H groups in total. The van der Waals surface area contributed by atoms with Gasteiger partial charge in [0.2, 0.25) is 5.91 Å². The number of para-hydroxylation sites is 1. The molecule has 2 aromatic carbocycles. The van der Waals surface area contributed by atoms with Crippen molar-refractivity contribution in [3.8, 4) is 0 Å². The fraction of sp³-hybridized carbons (Fsp3) is 0.0625. The van der Waals surface area contributed by atoms with Crippen molar-refractivity contribution >= 4 is 40.9 Å². The third kappa shape index (κ3) is 4.50. The van der Waals surface area contributed by atoms with Crippen LogP contribution in [0, 0.1) is 0 Å². The highest BCUT2D eigenvalue weighted by Crippen LogP contribution is 2.34. The summed E-state index contributed by atoms with van der Waals surface area (Å²) in [4.78, 5) is 11.8. The third-order valence-corrected chi connectivity index (χ3v) is 3.55. The predicted molar refractivity (Wildman–Crippen MR) is 85.6 cm³/mol. The molecule has 2 nitrogen and oxygen atoms in total. The molecule has 0 aromatic heterocycles. The number of alkyl halides is 3. The number of carbonyl (C=O) groups is 1. The van der Waals surface area contributed by atoms with Crippen molar-refractivity contribution in [3.05, 3.63) is 69.7 Å². The van der Waals surface area contributed by atoms with E-state index < -0.39 is 17.6 Å². The maximum Gasteiger partial charge on any atom is 0.418 e. The van der Waals surface area contributed by atoms with Gasteiger partial charge in [-0.1, -0.05) is 41.4 Å². The summed E-state index contributed by atoms with van der Waals surface area (Å²) < 4.78 is 38.6. The lowest BCUT2D eigenvalue weighted by Crippen LogP contribution is -2.14. The molecule has 0 radical (unpaired) electrons. The second-order valence-electron chi connectivity index (χ2n) is 4.50. The summed E-state index contributed by atoms with van der Waals surface area (Å²) in [5, 5.41) is 2.86. The van der Waals surface area contributed by atoms with Crippen molar-refractivity contribution in [2.24, 2.45) is 0 Å². The van der Waals surface area contributed by atoms with Gasteiger partial charge in [-0.15, -0.1) is 0 Å². The standard InChI is InChI=1S/C16H10Cl2F3NO/c17-12-5-3-6-13(18)10(12)8-9-15(23)22-14-7-2-1-4-11(14)16(19,20)21/h1-9H,(H,22,23)/b9-8+. The number of nitrogens with one attached hydrogen (secondary N) is 1. The maximum atomic E-state index is 12.9. The summed E-state index contributed by atoms with van der Waals surface area (Å²) in [6, 6.07) is 9.54. The predicted octanol–water partition coefficient (Wildman–Crippen LogP) is 5.66. The molecule has 0 unspecified atom stereocenters. The van der Waals surface area contributed by atoms with Crippen LogP contribution >= 0.6 is 23.2 Å². The third-order valence-electron chi connectivity index (χ3n) is 2.89. The maximum absolute atomic E-state index is 12.9. The SMILES string of the molecule is O=C(/C=C/c1c(Cl)cccc1Cl)Nc1ccccc1C(F)(F)F. The number of hydrogen-bond acceptors (Lipinski definition) is 1. The van der Waals surface area contributed by atoms with E-state index in [4.69, 9.17) is 23.2 Å². The minimum absolute atomic E-state index is 0.320. The van der Waals surface area contributed by atoms with Gasteiger partial charge >= 0.3 is 6.18 Å². The zero-order valence-electron chi connectivity index (χ0n) is 11.5. The summed E-state index contributed by atoms with van der Waals surface area (Å²) in [6.45, 7) is 0. The molecule has 1 amide bonds. The highest BCUT2D eigenvalue weighted by atomic mass is 35.5. The largest absolute Gasteiger partial charge is 0.418 e. The van der Waals surface area contributed by atoms with Crippen LogP contribution in [0.3, 0.4) is 0 Å². The van der Waals surface area contributed by atoms with Gasteiger partial charge in [-0.25, -0.2) is 0 Å². The Hall–Kier alpha value is -1.98. The number of halogens is 5. The monoisotopic (exact) mass is 359 g/mol. The molecule has 0 heterocycles. The summed E-state index contributed by atoms with van der Waals surface area (Å²) >= 11 is 11.9. The molecule has 0 spiro atoms. The van der Waals surface area contributed by atoms with Crippen molar-refractivity contribution in [2.75, 3.05) is 5.32 Å².